The number of rotatable bonds is 7. The van der Waals surface area contributed by atoms with Gasteiger partial charge in [-0.25, -0.2) is 5.01 Å². The lowest BCUT2D eigenvalue weighted by atomic mass is 9.95. The van der Waals surface area contributed by atoms with E-state index in [1.54, 1.807) is 48.7 Å². The average molecular weight is 497 g/mol. The molecule has 0 spiro atoms. The van der Waals surface area contributed by atoms with E-state index in [0.29, 0.717) is 16.9 Å². The number of hydrogen-bond donors (Lipinski definition) is 1. The minimum Gasteiger partial charge on any atom is -0.427 e. The molecule has 0 atom stereocenters. The van der Waals surface area contributed by atoms with Crippen LogP contribution in [0.25, 0.3) is 0 Å². The summed E-state index contributed by atoms with van der Waals surface area (Å²) in [5.41, 5.74) is 1.15. The van der Waals surface area contributed by atoms with E-state index in [1.807, 2.05) is 0 Å². The molecule has 1 aliphatic heterocycles. The normalized spacial score (nSPS) is 17.0. The Bertz CT molecular complexity index is 1250. The van der Waals surface area contributed by atoms with Gasteiger partial charge in [0.2, 0.25) is 5.91 Å². The van der Waals surface area contributed by atoms with E-state index in [2.05, 4.69) is 14.8 Å². The monoisotopic (exact) mass is 496 g/mol. The Morgan fingerprint density at radius 1 is 1.11 bits per heavy atom. The highest BCUT2D eigenvalue weighted by atomic mass is 32.2. The first-order valence-corrected chi connectivity index (χ1v) is 13.1. The molecule has 0 saturated heterocycles. The van der Waals surface area contributed by atoms with E-state index in [1.165, 1.54) is 24.4 Å². The number of nitrogens with zero attached hydrogens (tertiary/aromatic N) is 3. The van der Waals surface area contributed by atoms with Gasteiger partial charge in [0.05, 0.1) is 12.8 Å². The van der Waals surface area contributed by atoms with Gasteiger partial charge in [-0.1, -0.05) is 31.4 Å². The quantitative estimate of drug-likeness (QED) is 0.272. The third-order valence-electron chi connectivity index (χ3n) is 5.87. The van der Waals surface area contributed by atoms with E-state index in [4.69, 9.17) is 4.74 Å². The summed E-state index contributed by atoms with van der Waals surface area (Å²) in [4.78, 5) is 23.8. The number of hydrazone groups is 1. The van der Waals surface area contributed by atoms with Crippen molar-refractivity contribution >= 4 is 33.9 Å². The van der Waals surface area contributed by atoms with Crippen molar-refractivity contribution in [1.82, 2.24) is 10.3 Å². The van der Waals surface area contributed by atoms with Crippen LogP contribution in [0.15, 0.2) is 62.9 Å². The molecule has 1 saturated carbocycles. The highest BCUT2D eigenvalue weighted by molar-refractivity contribution is 7.90. The summed E-state index contributed by atoms with van der Waals surface area (Å²) in [5.74, 6) is 0.0747. The van der Waals surface area contributed by atoms with E-state index >= 15 is 0 Å². The Hall–Kier alpha value is -3.53. The van der Waals surface area contributed by atoms with Gasteiger partial charge in [-0.05, 0) is 54.8 Å². The standard InChI is InChI=1S/C25H28N4O5S/c1-18(30)34-21-13-11-19(12-14-21)17-26-29(16-15-24(31)27-20-7-3-2-4-8-20)25-22-9-5-6-10-23(22)35(32,33)28-25/h5-6,9-14,17,20H,2-4,7-8,15-16H2,1H3,(H,27,31)/b26-17-. The van der Waals surface area contributed by atoms with Crippen molar-refractivity contribution in [3.8, 4) is 5.75 Å². The molecule has 10 heteroatoms. The second-order valence-corrected chi connectivity index (χ2v) is 10.1. The average Bonchev–Trinajstić information content (AvgIpc) is 3.11. The number of carbonyl (C=O) groups excluding carboxylic acids is 2. The minimum atomic E-state index is -3.84. The molecule has 184 valence electrons. The number of fused-ring (bicyclic) bond motifs is 1. The maximum atomic E-state index is 12.6. The minimum absolute atomic E-state index is 0.0995. The lowest BCUT2D eigenvalue weighted by molar-refractivity contribution is -0.131. The molecule has 1 fully saturated rings. The van der Waals surface area contributed by atoms with Gasteiger partial charge in [-0.2, -0.15) is 13.5 Å². The summed E-state index contributed by atoms with van der Waals surface area (Å²) < 4.78 is 34.2. The maximum Gasteiger partial charge on any atom is 0.308 e. The SMILES string of the molecule is CC(=O)Oc1ccc(/C=N\N(CCC(=O)NC2CCCCC2)C2=NS(=O)(=O)c3ccccc32)cc1. The number of hydrogen-bond acceptors (Lipinski definition) is 7. The van der Waals surface area contributed by atoms with Crippen molar-refractivity contribution in [2.24, 2.45) is 9.50 Å². The molecule has 0 bridgehead atoms. The number of ether oxygens (including phenoxy) is 1. The molecular weight excluding hydrogens is 468 g/mol. The zero-order valence-corrected chi connectivity index (χ0v) is 20.3. The molecule has 35 heavy (non-hydrogen) atoms. The van der Waals surface area contributed by atoms with Crippen molar-refractivity contribution in [3.05, 3.63) is 59.7 Å². The largest absolute Gasteiger partial charge is 0.427 e. The fourth-order valence-corrected chi connectivity index (χ4v) is 5.38. The molecule has 0 unspecified atom stereocenters. The van der Waals surface area contributed by atoms with Crippen LogP contribution in [0.4, 0.5) is 0 Å². The predicted octanol–water partition coefficient (Wildman–Crippen LogP) is 3.24. The van der Waals surface area contributed by atoms with Crippen molar-refractivity contribution < 1.29 is 22.7 Å². The first kappa shape index (κ1) is 24.6. The Kier molecular flexibility index (Phi) is 7.60. The van der Waals surface area contributed by atoms with E-state index in [0.717, 1.165) is 25.7 Å². The molecule has 2 aromatic carbocycles. The van der Waals surface area contributed by atoms with Gasteiger partial charge in [0.1, 0.15) is 10.6 Å². The third-order valence-corrected chi connectivity index (χ3v) is 7.19. The second-order valence-electron chi connectivity index (χ2n) is 8.57. The molecule has 1 heterocycles. The van der Waals surface area contributed by atoms with Crippen LogP contribution in [0.3, 0.4) is 0 Å². The van der Waals surface area contributed by atoms with Crippen LogP contribution in [-0.4, -0.2) is 49.9 Å². The lowest BCUT2D eigenvalue weighted by Gasteiger charge is -2.24. The number of sulfonamides is 1. The van der Waals surface area contributed by atoms with Crippen LogP contribution in [0.1, 0.15) is 56.6 Å². The van der Waals surface area contributed by atoms with Gasteiger partial charge in [0.25, 0.3) is 10.0 Å². The van der Waals surface area contributed by atoms with Crippen molar-refractivity contribution in [2.45, 2.75) is 56.4 Å². The third kappa shape index (κ3) is 6.33. The van der Waals surface area contributed by atoms with Crippen LogP contribution in [0, 0.1) is 0 Å². The summed E-state index contributed by atoms with van der Waals surface area (Å²) in [6, 6.07) is 13.5. The molecule has 1 N–H and O–H groups in total. The summed E-state index contributed by atoms with van der Waals surface area (Å²) in [6.07, 6.45) is 7.08. The smallest absolute Gasteiger partial charge is 0.308 e. The van der Waals surface area contributed by atoms with Crippen LogP contribution in [0.2, 0.25) is 0 Å². The molecular formula is C25H28N4O5S. The molecule has 4 rings (SSSR count). The molecule has 1 aliphatic carbocycles. The molecule has 9 nitrogen and oxygen atoms in total. The van der Waals surface area contributed by atoms with E-state index in [9.17, 15) is 18.0 Å². The van der Waals surface area contributed by atoms with Crippen LogP contribution < -0.4 is 10.1 Å². The number of carbonyl (C=O) groups is 2. The van der Waals surface area contributed by atoms with Gasteiger partial charge >= 0.3 is 5.97 Å². The Labute approximate surface area is 204 Å². The van der Waals surface area contributed by atoms with E-state index in [-0.39, 0.29) is 35.6 Å². The van der Waals surface area contributed by atoms with Crippen LogP contribution >= 0.6 is 0 Å². The molecule has 1 amide bonds. The summed E-state index contributed by atoms with van der Waals surface area (Å²) in [6.45, 7) is 1.48. The topological polar surface area (TPSA) is 118 Å². The fraction of sp³-hybridized carbons (Fsp3) is 0.360. The van der Waals surface area contributed by atoms with Gasteiger partial charge in [0, 0.05) is 24.9 Å². The summed E-state index contributed by atoms with van der Waals surface area (Å²) in [7, 11) is -3.84. The molecule has 2 aromatic rings. The number of amides is 1. The van der Waals surface area contributed by atoms with Crippen molar-refractivity contribution in [3.63, 3.8) is 0 Å². The Balaban J connectivity index is 1.53. The second kappa shape index (κ2) is 10.8. The summed E-state index contributed by atoms with van der Waals surface area (Å²) in [5, 5.41) is 9.00. The van der Waals surface area contributed by atoms with Gasteiger partial charge in [-0.15, -0.1) is 4.40 Å². The van der Waals surface area contributed by atoms with Gasteiger partial charge in [0.15, 0.2) is 5.84 Å². The zero-order valence-electron chi connectivity index (χ0n) is 19.5. The zero-order chi connectivity index (χ0) is 24.8. The van der Waals surface area contributed by atoms with Crippen molar-refractivity contribution in [1.29, 1.82) is 0 Å². The number of amidine groups is 1. The van der Waals surface area contributed by atoms with Gasteiger partial charge in [-0.3, -0.25) is 9.59 Å². The highest BCUT2D eigenvalue weighted by Crippen LogP contribution is 2.28. The molecule has 0 aromatic heterocycles. The highest BCUT2D eigenvalue weighted by Gasteiger charge is 2.32. The summed E-state index contributed by atoms with van der Waals surface area (Å²) >= 11 is 0. The number of nitrogens with one attached hydrogen (secondary N) is 1. The fourth-order valence-electron chi connectivity index (χ4n) is 4.17. The Morgan fingerprint density at radius 3 is 2.54 bits per heavy atom. The van der Waals surface area contributed by atoms with Gasteiger partial charge < -0.3 is 10.1 Å². The molecule has 2 aliphatic rings. The Morgan fingerprint density at radius 2 is 1.83 bits per heavy atom. The maximum absolute atomic E-state index is 12.6. The molecule has 0 radical (unpaired) electrons. The first-order chi connectivity index (χ1) is 16.8. The first-order valence-electron chi connectivity index (χ1n) is 11.7. The number of benzene rings is 2. The van der Waals surface area contributed by atoms with Crippen LogP contribution in [-0.2, 0) is 19.6 Å². The lowest BCUT2D eigenvalue weighted by Crippen LogP contribution is -2.38. The van der Waals surface area contributed by atoms with E-state index < -0.39 is 16.0 Å². The predicted molar refractivity (Wildman–Crippen MR) is 132 cm³/mol. The number of esters is 1. The van der Waals surface area contributed by atoms with Crippen LogP contribution in [0.5, 0.6) is 5.75 Å². The van der Waals surface area contributed by atoms with Crippen molar-refractivity contribution in [2.75, 3.05) is 6.54 Å².